The van der Waals surface area contributed by atoms with Crippen LogP contribution in [-0.4, -0.2) is 17.8 Å². The summed E-state index contributed by atoms with van der Waals surface area (Å²) in [5.74, 6) is -0.827. The topological polar surface area (TPSA) is 32.3 Å². The minimum Gasteiger partial charge on any atom is -0.396 e. The Morgan fingerprint density at radius 3 is 2.53 bits per heavy atom. The van der Waals surface area contributed by atoms with Gasteiger partial charge < -0.3 is 10.4 Å². The average molecular weight is 241 g/mol. The number of halogens is 2. The molecule has 0 saturated heterocycles. The molecular weight excluding hydrogens is 224 g/mol. The summed E-state index contributed by atoms with van der Waals surface area (Å²) in [5.41, 5.74) is 0.603. The Labute approximate surface area is 99.7 Å². The molecule has 94 valence electrons. The van der Waals surface area contributed by atoms with Crippen LogP contribution >= 0.6 is 0 Å². The number of hydrogen-bond acceptors (Lipinski definition) is 2. The fourth-order valence-electron chi connectivity index (χ4n) is 2.49. The molecule has 0 spiro atoms. The molecule has 0 aromatic heterocycles. The van der Waals surface area contributed by atoms with Gasteiger partial charge in [0.2, 0.25) is 0 Å². The molecule has 2 rings (SSSR count). The highest BCUT2D eigenvalue weighted by Crippen LogP contribution is 2.25. The van der Waals surface area contributed by atoms with Crippen LogP contribution in [0.4, 0.5) is 8.78 Å². The Balaban J connectivity index is 1.93. The lowest BCUT2D eigenvalue weighted by molar-refractivity contribution is 0.205. The Hall–Kier alpha value is -1.00. The third-order valence-corrected chi connectivity index (χ3v) is 3.38. The summed E-state index contributed by atoms with van der Waals surface area (Å²) in [6, 6.07) is 3.79. The summed E-state index contributed by atoms with van der Waals surface area (Å²) in [6.45, 7) is 0.616. The maximum Gasteiger partial charge on any atom is 0.126 e. The molecule has 0 heterocycles. The van der Waals surface area contributed by atoms with Gasteiger partial charge in [-0.1, -0.05) is 6.42 Å². The van der Waals surface area contributed by atoms with Crippen molar-refractivity contribution in [2.24, 2.45) is 5.92 Å². The molecule has 0 amide bonds. The van der Waals surface area contributed by atoms with Gasteiger partial charge in [-0.25, -0.2) is 8.78 Å². The first kappa shape index (κ1) is 12.5. The van der Waals surface area contributed by atoms with Crippen LogP contribution < -0.4 is 5.32 Å². The van der Waals surface area contributed by atoms with E-state index in [2.05, 4.69) is 5.32 Å². The standard InChI is InChI=1S/C13H17F2NO/c14-11-4-9(5-12(15)6-11)7-16-13-3-1-2-10(13)8-17/h4-6,10,13,16-17H,1-3,7-8H2. The maximum absolute atomic E-state index is 13.0. The summed E-state index contributed by atoms with van der Waals surface area (Å²) in [4.78, 5) is 0. The third kappa shape index (κ3) is 3.23. The van der Waals surface area contributed by atoms with Crippen LogP contribution in [-0.2, 0) is 6.54 Å². The molecule has 2 atom stereocenters. The normalized spacial score (nSPS) is 24.2. The quantitative estimate of drug-likeness (QED) is 0.847. The first-order valence-electron chi connectivity index (χ1n) is 5.98. The molecule has 2 N–H and O–H groups in total. The Morgan fingerprint density at radius 2 is 1.88 bits per heavy atom. The SMILES string of the molecule is OCC1CCCC1NCc1cc(F)cc(F)c1. The summed E-state index contributed by atoms with van der Waals surface area (Å²) in [6.07, 6.45) is 3.13. The van der Waals surface area contributed by atoms with Crippen molar-refractivity contribution in [3.05, 3.63) is 35.4 Å². The highest BCUT2D eigenvalue weighted by atomic mass is 19.1. The van der Waals surface area contributed by atoms with Gasteiger partial charge in [-0.2, -0.15) is 0 Å². The van der Waals surface area contributed by atoms with Gasteiger partial charge in [-0.05, 0) is 36.5 Å². The smallest absolute Gasteiger partial charge is 0.126 e. The van der Waals surface area contributed by atoms with E-state index in [0.29, 0.717) is 12.1 Å². The van der Waals surface area contributed by atoms with Gasteiger partial charge in [0, 0.05) is 25.3 Å². The van der Waals surface area contributed by atoms with Crippen molar-refractivity contribution in [1.82, 2.24) is 5.32 Å². The van der Waals surface area contributed by atoms with E-state index in [4.69, 9.17) is 5.11 Å². The highest BCUT2D eigenvalue weighted by Gasteiger charge is 2.25. The van der Waals surface area contributed by atoms with Crippen LogP contribution in [0.5, 0.6) is 0 Å². The Bertz CT molecular complexity index is 363. The molecule has 1 aliphatic carbocycles. The lowest BCUT2D eigenvalue weighted by Crippen LogP contribution is -2.33. The van der Waals surface area contributed by atoms with Crippen LogP contribution in [0.25, 0.3) is 0 Å². The van der Waals surface area contributed by atoms with Gasteiger partial charge in [0.1, 0.15) is 11.6 Å². The number of benzene rings is 1. The molecule has 1 fully saturated rings. The molecule has 1 aromatic rings. The van der Waals surface area contributed by atoms with Gasteiger partial charge in [-0.3, -0.25) is 0 Å². The zero-order chi connectivity index (χ0) is 12.3. The summed E-state index contributed by atoms with van der Waals surface area (Å²) in [7, 11) is 0. The zero-order valence-electron chi connectivity index (χ0n) is 9.63. The number of aliphatic hydroxyl groups excluding tert-OH is 1. The van der Waals surface area contributed by atoms with Crippen molar-refractivity contribution in [3.63, 3.8) is 0 Å². The van der Waals surface area contributed by atoms with Crippen molar-refractivity contribution < 1.29 is 13.9 Å². The molecule has 1 saturated carbocycles. The van der Waals surface area contributed by atoms with E-state index in [-0.39, 0.29) is 18.6 Å². The predicted octanol–water partition coefficient (Wildman–Crippen LogP) is 2.22. The molecule has 17 heavy (non-hydrogen) atoms. The fraction of sp³-hybridized carbons (Fsp3) is 0.538. The van der Waals surface area contributed by atoms with Crippen molar-refractivity contribution in [1.29, 1.82) is 0 Å². The summed E-state index contributed by atoms with van der Waals surface area (Å²) in [5, 5.41) is 12.4. The van der Waals surface area contributed by atoms with E-state index in [0.717, 1.165) is 25.3 Å². The fourth-order valence-corrected chi connectivity index (χ4v) is 2.49. The first-order chi connectivity index (χ1) is 8.19. The van der Waals surface area contributed by atoms with E-state index >= 15 is 0 Å². The maximum atomic E-state index is 13.0. The number of nitrogens with one attached hydrogen (secondary N) is 1. The summed E-state index contributed by atoms with van der Waals surface area (Å²) < 4.78 is 25.9. The molecule has 1 aromatic carbocycles. The van der Waals surface area contributed by atoms with E-state index in [1.807, 2.05) is 0 Å². The van der Waals surface area contributed by atoms with Gasteiger partial charge in [0.05, 0.1) is 0 Å². The van der Waals surface area contributed by atoms with Crippen LogP contribution in [0.15, 0.2) is 18.2 Å². The van der Waals surface area contributed by atoms with E-state index in [1.165, 1.54) is 12.1 Å². The highest BCUT2D eigenvalue weighted by molar-refractivity contribution is 5.17. The average Bonchev–Trinajstić information content (AvgIpc) is 2.72. The predicted molar refractivity (Wildman–Crippen MR) is 61.4 cm³/mol. The van der Waals surface area contributed by atoms with Gasteiger partial charge >= 0.3 is 0 Å². The van der Waals surface area contributed by atoms with Crippen molar-refractivity contribution >= 4 is 0 Å². The first-order valence-corrected chi connectivity index (χ1v) is 5.98. The molecule has 0 aliphatic heterocycles. The lowest BCUT2D eigenvalue weighted by Gasteiger charge is -2.19. The largest absolute Gasteiger partial charge is 0.396 e. The Morgan fingerprint density at radius 1 is 1.18 bits per heavy atom. The molecule has 0 bridgehead atoms. The van der Waals surface area contributed by atoms with E-state index < -0.39 is 11.6 Å². The number of aliphatic hydroxyl groups is 1. The van der Waals surface area contributed by atoms with Crippen LogP contribution in [0.1, 0.15) is 24.8 Å². The zero-order valence-corrected chi connectivity index (χ0v) is 9.63. The van der Waals surface area contributed by atoms with Crippen LogP contribution in [0.2, 0.25) is 0 Å². The molecule has 1 aliphatic rings. The molecular formula is C13H17F2NO. The molecule has 4 heteroatoms. The monoisotopic (exact) mass is 241 g/mol. The van der Waals surface area contributed by atoms with Gasteiger partial charge in [-0.15, -0.1) is 0 Å². The minimum absolute atomic E-state index is 0.176. The van der Waals surface area contributed by atoms with Gasteiger partial charge in [0.15, 0.2) is 0 Å². The van der Waals surface area contributed by atoms with Crippen molar-refractivity contribution in [2.75, 3.05) is 6.61 Å². The second-order valence-corrected chi connectivity index (χ2v) is 4.64. The van der Waals surface area contributed by atoms with E-state index in [9.17, 15) is 8.78 Å². The third-order valence-electron chi connectivity index (χ3n) is 3.38. The van der Waals surface area contributed by atoms with Crippen molar-refractivity contribution in [2.45, 2.75) is 31.8 Å². The van der Waals surface area contributed by atoms with Crippen LogP contribution in [0.3, 0.4) is 0 Å². The molecule has 2 nitrogen and oxygen atoms in total. The summed E-state index contributed by atoms with van der Waals surface area (Å²) >= 11 is 0. The Kier molecular flexibility index (Phi) is 4.07. The number of rotatable bonds is 4. The van der Waals surface area contributed by atoms with E-state index in [1.54, 1.807) is 0 Å². The van der Waals surface area contributed by atoms with Gasteiger partial charge in [0.25, 0.3) is 0 Å². The molecule has 0 radical (unpaired) electrons. The minimum atomic E-state index is -0.549. The lowest BCUT2D eigenvalue weighted by atomic mass is 10.0. The second-order valence-electron chi connectivity index (χ2n) is 4.64. The molecule has 2 unspecified atom stereocenters. The number of hydrogen-bond donors (Lipinski definition) is 2. The van der Waals surface area contributed by atoms with Crippen molar-refractivity contribution in [3.8, 4) is 0 Å². The second kappa shape index (κ2) is 5.56. The van der Waals surface area contributed by atoms with Crippen LogP contribution in [0, 0.1) is 17.6 Å².